The van der Waals surface area contributed by atoms with Crippen LogP contribution in [-0.4, -0.2) is 18.0 Å². The van der Waals surface area contributed by atoms with Crippen LogP contribution in [0.1, 0.15) is 52.9 Å². The van der Waals surface area contributed by atoms with Gasteiger partial charge in [0.15, 0.2) is 0 Å². The fourth-order valence-electron chi connectivity index (χ4n) is 1.93. The highest BCUT2D eigenvalue weighted by atomic mass is 16.1. The van der Waals surface area contributed by atoms with Crippen molar-refractivity contribution in [2.45, 2.75) is 58.4 Å². The molecular weight excluding hydrogens is 200 g/mol. The lowest BCUT2D eigenvalue weighted by molar-refractivity contribution is -0.123. The van der Waals surface area contributed by atoms with Crippen molar-refractivity contribution in [3.05, 3.63) is 0 Å². The normalized spacial score (nSPS) is 20.3. The fourth-order valence-corrected chi connectivity index (χ4v) is 1.93. The van der Waals surface area contributed by atoms with Crippen molar-refractivity contribution in [1.29, 1.82) is 0 Å². The second-order valence-corrected chi connectivity index (χ2v) is 5.66. The second kappa shape index (κ2) is 5.67. The first-order valence-corrected chi connectivity index (χ1v) is 6.49. The minimum Gasteiger partial charge on any atom is -0.349 e. The lowest BCUT2D eigenvalue weighted by atomic mass is 9.82. The summed E-state index contributed by atoms with van der Waals surface area (Å²) in [7, 11) is 0. The SMILES string of the molecule is CC(C)C(C)(CN)NC(=O)CCC1CCC1. The molecule has 1 rings (SSSR count). The van der Waals surface area contributed by atoms with Gasteiger partial charge < -0.3 is 11.1 Å². The highest BCUT2D eigenvalue weighted by Gasteiger charge is 2.28. The average molecular weight is 226 g/mol. The molecule has 3 nitrogen and oxygen atoms in total. The Kier molecular flexibility index (Phi) is 4.78. The molecule has 1 aliphatic carbocycles. The number of carbonyl (C=O) groups excluding carboxylic acids is 1. The minimum atomic E-state index is -0.253. The first-order valence-electron chi connectivity index (χ1n) is 6.49. The molecule has 0 aromatic rings. The summed E-state index contributed by atoms with van der Waals surface area (Å²) >= 11 is 0. The maximum atomic E-state index is 11.8. The second-order valence-electron chi connectivity index (χ2n) is 5.66. The molecule has 0 aliphatic heterocycles. The monoisotopic (exact) mass is 226 g/mol. The molecule has 0 saturated heterocycles. The molecular formula is C13H26N2O. The zero-order chi connectivity index (χ0) is 12.2. The van der Waals surface area contributed by atoms with Crippen LogP contribution >= 0.6 is 0 Å². The predicted octanol–water partition coefficient (Wildman–Crippen LogP) is 2.06. The van der Waals surface area contributed by atoms with Gasteiger partial charge in [-0.3, -0.25) is 4.79 Å². The van der Waals surface area contributed by atoms with Gasteiger partial charge in [-0.1, -0.05) is 33.1 Å². The van der Waals surface area contributed by atoms with Crippen molar-refractivity contribution < 1.29 is 4.79 Å². The summed E-state index contributed by atoms with van der Waals surface area (Å²) in [4.78, 5) is 11.8. The molecule has 94 valence electrons. The van der Waals surface area contributed by atoms with E-state index in [4.69, 9.17) is 5.73 Å². The highest BCUT2D eigenvalue weighted by molar-refractivity contribution is 5.76. The van der Waals surface area contributed by atoms with Gasteiger partial charge in [-0.15, -0.1) is 0 Å². The summed E-state index contributed by atoms with van der Waals surface area (Å²) in [5.74, 6) is 1.33. The van der Waals surface area contributed by atoms with Crippen LogP contribution in [0.2, 0.25) is 0 Å². The van der Waals surface area contributed by atoms with Crippen LogP contribution in [0.3, 0.4) is 0 Å². The molecule has 16 heavy (non-hydrogen) atoms. The molecule has 1 atom stereocenters. The first kappa shape index (κ1) is 13.5. The summed E-state index contributed by atoms with van der Waals surface area (Å²) in [5, 5.41) is 3.08. The van der Waals surface area contributed by atoms with E-state index in [0.717, 1.165) is 12.3 Å². The number of hydrogen-bond donors (Lipinski definition) is 2. The van der Waals surface area contributed by atoms with E-state index in [9.17, 15) is 4.79 Å². The van der Waals surface area contributed by atoms with E-state index in [-0.39, 0.29) is 11.4 Å². The van der Waals surface area contributed by atoms with E-state index in [1.54, 1.807) is 0 Å². The van der Waals surface area contributed by atoms with Crippen LogP contribution in [0.5, 0.6) is 0 Å². The smallest absolute Gasteiger partial charge is 0.220 e. The molecule has 0 bridgehead atoms. The summed E-state index contributed by atoms with van der Waals surface area (Å²) in [6.07, 6.45) is 5.67. The molecule has 1 fully saturated rings. The van der Waals surface area contributed by atoms with E-state index in [1.807, 2.05) is 6.92 Å². The van der Waals surface area contributed by atoms with E-state index in [1.165, 1.54) is 19.3 Å². The Bertz CT molecular complexity index is 236. The third-order valence-electron chi connectivity index (χ3n) is 4.13. The molecule has 1 aliphatic rings. The quantitative estimate of drug-likeness (QED) is 0.728. The van der Waals surface area contributed by atoms with Crippen molar-refractivity contribution in [2.75, 3.05) is 6.54 Å². The number of nitrogens with two attached hydrogens (primary N) is 1. The molecule has 0 aromatic carbocycles. The average Bonchev–Trinajstić information content (AvgIpc) is 2.14. The topological polar surface area (TPSA) is 55.1 Å². The van der Waals surface area contributed by atoms with Crippen LogP contribution in [0.15, 0.2) is 0 Å². The van der Waals surface area contributed by atoms with Gasteiger partial charge in [0.2, 0.25) is 5.91 Å². The largest absolute Gasteiger partial charge is 0.349 e. The van der Waals surface area contributed by atoms with Crippen molar-refractivity contribution >= 4 is 5.91 Å². The zero-order valence-electron chi connectivity index (χ0n) is 10.9. The Labute approximate surface area is 99.2 Å². The molecule has 0 radical (unpaired) electrons. The summed E-state index contributed by atoms with van der Waals surface area (Å²) < 4.78 is 0. The zero-order valence-corrected chi connectivity index (χ0v) is 10.9. The maximum Gasteiger partial charge on any atom is 0.220 e. The Morgan fingerprint density at radius 1 is 1.50 bits per heavy atom. The number of hydrogen-bond acceptors (Lipinski definition) is 2. The third-order valence-corrected chi connectivity index (χ3v) is 4.13. The number of amides is 1. The number of rotatable bonds is 6. The van der Waals surface area contributed by atoms with Gasteiger partial charge in [0, 0.05) is 13.0 Å². The fraction of sp³-hybridized carbons (Fsp3) is 0.923. The Morgan fingerprint density at radius 3 is 2.50 bits per heavy atom. The van der Waals surface area contributed by atoms with Crippen molar-refractivity contribution in [2.24, 2.45) is 17.6 Å². The summed E-state index contributed by atoms with van der Waals surface area (Å²) in [6, 6.07) is 0. The lowest BCUT2D eigenvalue weighted by Gasteiger charge is -2.34. The van der Waals surface area contributed by atoms with Crippen LogP contribution in [0.25, 0.3) is 0 Å². The van der Waals surface area contributed by atoms with Gasteiger partial charge in [0.1, 0.15) is 0 Å². The van der Waals surface area contributed by atoms with Gasteiger partial charge in [0.05, 0.1) is 5.54 Å². The van der Waals surface area contributed by atoms with Crippen molar-refractivity contribution in [3.63, 3.8) is 0 Å². The molecule has 3 N–H and O–H groups in total. The molecule has 3 heteroatoms. The number of nitrogens with one attached hydrogen (secondary N) is 1. The van der Waals surface area contributed by atoms with E-state index in [0.29, 0.717) is 18.9 Å². The van der Waals surface area contributed by atoms with E-state index < -0.39 is 0 Å². The predicted molar refractivity (Wildman–Crippen MR) is 67.0 cm³/mol. The van der Waals surface area contributed by atoms with Crippen LogP contribution in [-0.2, 0) is 4.79 Å². The lowest BCUT2D eigenvalue weighted by Crippen LogP contribution is -2.55. The van der Waals surface area contributed by atoms with Crippen molar-refractivity contribution in [1.82, 2.24) is 5.32 Å². The minimum absolute atomic E-state index is 0.161. The molecule has 0 heterocycles. The van der Waals surface area contributed by atoms with E-state index >= 15 is 0 Å². The Morgan fingerprint density at radius 2 is 2.12 bits per heavy atom. The van der Waals surface area contributed by atoms with Crippen molar-refractivity contribution in [3.8, 4) is 0 Å². The standard InChI is InChI=1S/C13H26N2O/c1-10(2)13(3,9-14)15-12(16)8-7-11-5-4-6-11/h10-11H,4-9,14H2,1-3H3,(H,15,16). The van der Waals surface area contributed by atoms with Gasteiger partial charge in [-0.05, 0) is 25.2 Å². The van der Waals surface area contributed by atoms with E-state index in [2.05, 4.69) is 19.2 Å². The molecule has 1 amide bonds. The summed E-state index contributed by atoms with van der Waals surface area (Å²) in [5.41, 5.74) is 5.48. The van der Waals surface area contributed by atoms with Gasteiger partial charge >= 0.3 is 0 Å². The van der Waals surface area contributed by atoms with Crippen LogP contribution in [0, 0.1) is 11.8 Å². The van der Waals surface area contributed by atoms with Gasteiger partial charge in [-0.25, -0.2) is 0 Å². The first-order chi connectivity index (χ1) is 7.48. The van der Waals surface area contributed by atoms with Crippen LogP contribution < -0.4 is 11.1 Å². The van der Waals surface area contributed by atoms with Gasteiger partial charge in [-0.2, -0.15) is 0 Å². The van der Waals surface area contributed by atoms with Crippen LogP contribution in [0.4, 0.5) is 0 Å². The Balaban J connectivity index is 2.30. The summed E-state index contributed by atoms with van der Waals surface area (Å²) in [6.45, 7) is 6.72. The maximum absolute atomic E-state index is 11.8. The highest BCUT2D eigenvalue weighted by Crippen LogP contribution is 2.30. The molecule has 0 spiro atoms. The number of carbonyl (C=O) groups is 1. The third kappa shape index (κ3) is 3.48. The molecule has 0 aromatic heterocycles. The van der Waals surface area contributed by atoms with Gasteiger partial charge in [0.25, 0.3) is 0 Å². The molecule has 1 saturated carbocycles. The molecule has 1 unspecified atom stereocenters. The Hall–Kier alpha value is -0.570.